The normalized spacial score (nSPS) is 9.95. The molecule has 0 spiro atoms. The van der Waals surface area contributed by atoms with Crippen LogP contribution >= 0.6 is 0 Å². The molecule has 0 radical (unpaired) electrons. The maximum Gasteiger partial charge on any atom is 0.134 e. The second-order valence-corrected chi connectivity index (χ2v) is 4.21. The van der Waals surface area contributed by atoms with Gasteiger partial charge in [0.05, 0.1) is 25.9 Å². The van der Waals surface area contributed by atoms with Gasteiger partial charge in [-0.25, -0.2) is 0 Å². The zero-order valence-corrected chi connectivity index (χ0v) is 12.1. The van der Waals surface area contributed by atoms with Gasteiger partial charge in [0.25, 0.3) is 0 Å². The van der Waals surface area contributed by atoms with E-state index in [0.717, 1.165) is 23.3 Å². The van der Waals surface area contributed by atoms with Crippen molar-refractivity contribution in [3.63, 3.8) is 0 Å². The Morgan fingerprint density at radius 2 is 2.05 bits per heavy atom. The van der Waals surface area contributed by atoms with Gasteiger partial charge in [0, 0.05) is 26.7 Å². The molecule has 1 rings (SSSR count). The molecule has 0 aliphatic rings. The van der Waals surface area contributed by atoms with Crippen LogP contribution in [0.1, 0.15) is 24.0 Å². The standard InChI is InChI=1S/C16H22O4/c1-18-10-5-11-20-13-14-7-8-16(19-2)15(12-14)6-3-4-9-17/h7-8,12,17H,4-5,9-11,13H2,1-2H3. The molecule has 0 saturated carbocycles. The van der Waals surface area contributed by atoms with Gasteiger partial charge in [-0.05, 0) is 24.1 Å². The first-order valence-corrected chi connectivity index (χ1v) is 6.65. The van der Waals surface area contributed by atoms with Crippen LogP contribution in [0, 0.1) is 11.8 Å². The average molecular weight is 278 g/mol. The van der Waals surface area contributed by atoms with Crippen molar-refractivity contribution >= 4 is 0 Å². The third kappa shape index (κ3) is 6.07. The number of benzene rings is 1. The van der Waals surface area contributed by atoms with E-state index < -0.39 is 0 Å². The summed E-state index contributed by atoms with van der Waals surface area (Å²) < 4.78 is 15.8. The Kier molecular flexibility index (Phi) is 8.48. The van der Waals surface area contributed by atoms with Gasteiger partial charge >= 0.3 is 0 Å². The fraction of sp³-hybridized carbons (Fsp3) is 0.500. The lowest BCUT2D eigenvalue weighted by Gasteiger charge is -2.07. The summed E-state index contributed by atoms with van der Waals surface area (Å²) in [4.78, 5) is 0. The Hall–Kier alpha value is -1.54. The SMILES string of the molecule is COCCCOCc1ccc(OC)c(C#CCCO)c1. The number of methoxy groups -OCH3 is 2. The molecule has 20 heavy (non-hydrogen) atoms. The second kappa shape index (κ2) is 10.3. The molecule has 0 heterocycles. The summed E-state index contributed by atoms with van der Waals surface area (Å²) in [7, 11) is 3.30. The van der Waals surface area contributed by atoms with Crippen molar-refractivity contribution in [2.75, 3.05) is 34.0 Å². The minimum atomic E-state index is 0.0671. The van der Waals surface area contributed by atoms with Gasteiger partial charge in [-0.15, -0.1) is 0 Å². The van der Waals surface area contributed by atoms with Crippen LogP contribution in [0.4, 0.5) is 0 Å². The first-order chi connectivity index (χ1) is 9.81. The van der Waals surface area contributed by atoms with E-state index in [1.165, 1.54) is 0 Å². The molecular formula is C16H22O4. The van der Waals surface area contributed by atoms with Gasteiger partial charge in [0.1, 0.15) is 5.75 Å². The lowest BCUT2D eigenvalue weighted by Crippen LogP contribution is -2.00. The van der Waals surface area contributed by atoms with Gasteiger partial charge in [0.2, 0.25) is 0 Å². The minimum Gasteiger partial charge on any atom is -0.495 e. The van der Waals surface area contributed by atoms with Crippen molar-refractivity contribution in [3.05, 3.63) is 29.3 Å². The highest BCUT2D eigenvalue weighted by atomic mass is 16.5. The van der Waals surface area contributed by atoms with Gasteiger partial charge in [-0.3, -0.25) is 0 Å². The molecule has 0 bridgehead atoms. The summed E-state index contributed by atoms with van der Waals surface area (Å²) in [5.74, 6) is 6.64. The van der Waals surface area contributed by atoms with Crippen molar-refractivity contribution in [3.8, 4) is 17.6 Å². The quantitative estimate of drug-likeness (QED) is 0.583. The maximum absolute atomic E-state index is 8.75. The summed E-state index contributed by atoms with van der Waals surface area (Å²) >= 11 is 0. The molecule has 0 aromatic heterocycles. The zero-order valence-electron chi connectivity index (χ0n) is 12.1. The van der Waals surface area contributed by atoms with Crippen LogP contribution in [0.3, 0.4) is 0 Å². The Morgan fingerprint density at radius 3 is 2.75 bits per heavy atom. The molecule has 0 atom stereocenters. The smallest absolute Gasteiger partial charge is 0.134 e. The zero-order chi connectivity index (χ0) is 14.6. The molecule has 1 aromatic carbocycles. The van der Waals surface area contributed by atoms with Crippen LogP contribution in [-0.4, -0.2) is 39.1 Å². The molecule has 4 nitrogen and oxygen atoms in total. The van der Waals surface area contributed by atoms with E-state index in [1.807, 2.05) is 18.2 Å². The molecule has 1 aromatic rings. The Morgan fingerprint density at radius 1 is 1.20 bits per heavy atom. The fourth-order valence-corrected chi connectivity index (χ4v) is 1.65. The average Bonchev–Trinajstić information content (AvgIpc) is 2.47. The molecule has 110 valence electrons. The molecule has 1 N–H and O–H groups in total. The summed E-state index contributed by atoms with van der Waals surface area (Å²) in [5, 5.41) is 8.75. The third-order valence-corrected chi connectivity index (χ3v) is 2.63. The first kappa shape index (κ1) is 16.5. The van der Waals surface area contributed by atoms with E-state index >= 15 is 0 Å². The van der Waals surface area contributed by atoms with Crippen LogP contribution in [0.25, 0.3) is 0 Å². The van der Waals surface area contributed by atoms with Crippen molar-refractivity contribution in [1.82, 2.24) is 0 Å². The molecule has 0 unspecified atom stereocenters. The third-order valence-electron chi connectivity index (χ3n) is 2.63. The highest BCUT2D eigenvalue weighted by molar-refractivity contribution is 5.48. The predicted molar refractivity (Wildman–Crippen MR) is 77.7 cm³/mol. The number of ether oxygens (including phenoxy) is 3. The van der Waals surface area contributed by atoms with Crippen LogP contribution in [0.2, 0.25) is 0 Å². The number of aliphatic hydroxyl groups excluding tert-OH is 1. The van der Waals surface area contributed by atoms with Crippen LogP contribution in [-0.2, 0) is 16.1 Å². The van der Waals surface area contributed by atoms with E-state index in [2.05, 4.69) is 11.8 Å². The summed E-state index contributed by atoms with van der Waals surface area (Å²) in [6, 6.07) is 5.81. The fourth-order valence-electron chi connectivity index (χ4n) is 1.65. The molecule has 0 aliphatic carbocycles. The maximum atomic E-state index is 8.75. The van der Waals surface area contributed by atoms with E-state index in [0.29, 0.717) is 26.2 Å². The lowest BCUT2D eigenvalue weighted by molar-refractivity contribution is 0.0928. The number of rotatable bonds is 8. The lowest BCUT2D eigenvalue weighted by atomic mass is 10.1. The first-order valence-electron chi connectivity index (χ1n) is 6.65. The van der Waals surface area contributed by atoms with Gasteiger partial charge in [-0.2, -0.15) is 0 Å². The number of hydrogen-bond donors (Lipinski definition) is 1. The number of hydrogen-bond acceptors (Lipinski definition) is 4. The van der Waals surface area contributed by atoms with Crippen molar-refractivity contribution in [2.45, 2.75) is 19.4 Å². The Labute approximate surface area is 120 Å². The predicted octanol–water partition coefficient (Wildman–Crippen LogP) is 1.98. The Balaban J connectivity index is 2.60. The summed E-state index contributed by atoms with van der Waals surface area (Å²) in [5.41, 5.74) is 1.87. The van der Waals surface area contributed by atoms with Crippen LogP contribution in [0.5, 0.6) is 5.75 Å². The molecule has 0 fully saturated rings. The van der Waals surface area contributed by atoms with Gasteiger partial charge in [-0.1, -0.05) is 17.9 Å². The molecule has 4 heteroatoms. The van der Waals surface area contributed by atoms with Crippen molar-refractivity contribution < 1.29 is 19.3 Å². The molecular weight excluding hydrogens is 256 g/mol. The molecule has 0 amide bonds. The van der Waals surface area contributed by atoms with E-state index in [1.54, 1.807) is 14.2 Å². The van der Waals surface area contributed by atoms with Crippen LogP contribution < -0.4 is 4.74 Å². The van der Waals surface area contributed by atoms with E-state index in [9.17, 15) is 0 Å². The highest BCUT2D eigenvalue weighted by Crippen LogP contribution is 2.19. The molecule has 0 aliphatic heterocycles. The monoisotopic (exact) mass is 278 g/mol. The van der Waals surface area contributed by atoms with Crippen molar-refractivity contribution in [1.29, 1.82) is 0 Å². The number of aliphatic hydroxyl groups is 1. The van der Waals surface area contributed by atoms with E-state index in [4.69, 9.17) is 19.3 Å². The summed E-state index contributed by atoms with van der Waals surface area (Å²) in [6.45, 7) is 1.99. The Bertz CT molecular complexity index is 446. The van der Waals surface area contributed by atoms with Crippen molar-refractivity contribution in [2.24, 2.45) is 0 Å². The highest BCUT2D eigenvalue weighted by Gasteiger charge is 2.02. The second-order valence-electron chi connectivity index (χ2n) is 4.21. The van der Waals surface area contributed by atoms with Crippen LogP contribution in [0.15, 0.2) is 18.2 Å². The largest absolute Gasteiger partial charge is 0.495 e. The van der Waals surface area contributed by atoms with Gasteiger partial charge < -0.3 is 19.3 Å². The topological polar surface area (TPSA) is 47.9 Å². The van der Waals surface area contributed by atoms with Gasteiger partial charge in [0.15, 0.2) is 0 Å². The minimum absolute atomic E-state index is 0.0671. The van der Waals surface area contributed by atoms with E-state index in [-0.39, 0.29) is 6.61 Å². The molecule has 0 saturated heterocycles. The summed E-state index contributed by atoms with van der Waals surface area (Å²) in [6.07, 6.45) is 1.34.